The van der Waals surface area contributed by atoms with Gasteiger partial charge < -0.3 is 0 Å². The van der Waals surface area contributed by atoms with Crippen molar-refractivity contribution in [1.29, 1.82) is 0 Å². The van der Waals surface area contributed by atoms with E-state index in [1.165, 1.54) is 19.3 Å². The molecular formula is C12H20. The minimum absolute atomic E-state index is 0.530. The smallest absolute Gasteiger partial charge is 0.0138 e. The Labute approximate surface area is 76.1 Å². The lowest BCUT2D eigenvalue weighted by atomic mass is 9.53. The Morgan fingerprint density at radius 3 is 2.42 bits per heavy atom. The standard InChI is InChI=1S/C12H20/c1-9-7-12(4)6-5-10(9)11(2,3)8-12/h7,10H,5-6,8H2,1-4H3. The maximum atomic E-state index is 2.53. The van der Waals surface area contributed by atoms with Crippen molar-refractivity contribution in [3.8, 4) is 0 Å². The van der Waals surface area contributed by atoms with Crippen LogP contribution in [-0.2, 0) is 0 Å². The third-order valence-corrected chi connectivity index (χ3v) is 3.93. The third-order valence-electron chi connectivity index (χ3n) is 3.93. The molecule has 2 unspecified atom stereocenters. The van der Waals surface area contributed by atoms with Crippen molar-refractivity contribution < 1.29 is 0 Å². The van der Waals surface area contributed by atoms with E-state index in [-0.39, 0.29) is 0 Å². The maximum absolute atomic E-state index is 2.53. The molecule has 0 aromatic rings. The molecule has 1 fully saturated rings. The van der Waals surface area contributed by atoms with Gasteiger partial charge in [-0.1, -0.05) is 32.4 Å². The molecule has 3 rings (SSSR count). The number of rotatable bonds is 0. The van der Waals surface area contributed by atoms with Crippen molar-refractivity contribution in [3.05, 3.63) is 11.6 Å². The lowest BCUT2D eigenvalue weighted by Crippen LogP contribution is -2.41. The normalized spacial score (nSPS) is 44.3. The monoisotopic (exact) mass is 164 g/mol. The lowest BCUT2D eigenvalue weighted by Gasteiger charge is -2.52. The van der Waals surface area contributed by atoms with Crippen LogP contribution in [0.2, 0.25) is 0 Å². The quantitative estimate of drug-likeness (QED) is 0.478. The van der Waals surface area contributed by atoms with E-state index in [1.807, 2.05) is 0 Å². The summed E-state index contributed by atoms with van der Waals surface area (Å²) in [4.78, 5) is 0. The number of allylic oxidation sites excluding steroid dienone is 2. The molecule has 0 nitrogen and oxygen atoms in total. The van der Waals surface area contributed by atoms with E-state index in [9.17, 15) is 0 Å². The van der Waals surface area contributed by atoms with E-state index in [1.54, 1.807) is 5.57 Å². The first-order chi connectivity index (χ1) is 5.43. The first-order valence-corrected chi connectivity index (χ1v) is 5.12. The van der Waals surface area contributed by atoms with Crippen LogP contribution >= 0.6 is 0 Å². The SMILES string of the molecule is CC1=CC2(C)CCC1C(C)(C)C2. The van der Waals surface area contributed by atoms with E-state index < -0.39 is 0 Å². The van der Waals surface area contributed by atoms with Crippen molar-refractivity contribution in [2.75, 3.05) is 0 Å². The van der Waals surface area contributed by atoms with Crippen LogP contribution in [0.3, 0.4) is 0 Å². The van der Waals surface area contributed by atoms with Gasteiger partial charge in [-0.2, -0.15) is 0 Å². The fourth-order valence-electron chi connectivity index (χ4n) is 3.73. The van der Waals surface area contributed by atoms with Gasteiger partial charge in [0.1, 0.15) is 0 Å². The van der Waals surface area contributed by atoms with Gasteiger partial charge >= 0.3 is 0 Å². The van der Waals surface area contributed by atoms with Gasteiger partial charge in [-0.3, -0.25) is 0 Å². The molecule has 1 saturated carbocycles. The molecule has 3 aliphatic carbocycles. The maximum Gasteiger partial charge on any atom is -0.0138 e. The second kappa shape index (κ2) is 2.16. The van der Waals surface area contributed by atoms with Crippen LogP contribution in [0.15, 0.2) is 11.6 Å². The Hall–Kier alpha value is -0.260. The fourth-order valence-corrected chi connectivity index (χ4v) is 3.73. The number of hydrogen-bond donors (Lipinski definition) is 0. The van der Waals surface area contributed by atoms with Crippen molar-refractivity contribution in [1.82, 2.24) is 0 Å². The summed E-state index contributed by atoms with van der Waals surface area (Å²) in [6.07, 6.45) is 6.76. The first-order valence-electron chi connectivity index (χ1n) is 5.12. The van der Waals surface area contributed by atoms with Crippen molar-refractivity contribution >= 4 is 0 Å². The molecule has 0 aromatic heterocycles. The molecule has 0 radical (unpaired) electrons. The number of fused-ring (bicyclic) bond motifs is 2. The van der Waals surface area contributed by atoms with Crippen molar-refractivity contribution in [2.45, 2.75) is 47.0 Å². The molecule has 0 aromatic carbocycles. The van der Waals surface area contributed by atoms with Crippen LogP contribution < -0.4 is 0 Å². The van der Waals surface area contributed by atoms with E-state index in [0.717, 1.165) is 5.92 Å². The molecule has 2 bridgehead atoms. The predicted molar refractivity (Wildman–Crippen MR) is 53.0 cm³/mol. The highest BCUT2D eigenvalue weighted by molar-refractivity contribution is 5.22. The van der Waals surface area contributed by atoms with Gasteiger partial charge in [0, 0.05) is 0 Å². The van der Waals surface area contributed by atoms with E-state index in [0.29, 0.717) is 10.8 Å². The largest absolute Gasteiger partial charge is 0.0793 e. The van der Waals surface area contributed by atoms with Gasteiger partial charge in [0.2, 0.25) is 0 Å². The minimum atomic E-state index is 0.530. The Morgan fingerprint density at radius 2 is 2.00 bits per heavy atom. The Kier molecular flexibility index (Phi) is 1.50. The first kappa shape index (κ1) is 8.34. The average Bonchev–Trinajstić information content (AvgIpc) is 1.80. The molecule has 0 aliphatic heterocycles. The van der Waals surface area contributed by atoms with E-state index in [4.69, 9.17) is 0 Å². The van der Waals surface area contributed by atoms with Gasteiger partial charge in [-0.15, -0.1) is 0 Å². The summed E-state index contributed by atoms with van der Waals surface area (Å²) in [6, 6.07) is 0. The van der Waals surface area contributed by atoms with E-state index >= 15 is 0 Å². The fraction of sp³-hybridized carbons (Fsp3) is 0.833. The van der Waals surface area contributed by atoms with Crippen LogP contribution in [0, 0.1) is 16.7 Å². The van der Waals surface area contributed by atoms with Crippen LogP contribution in [0.4, 0.5) is 0 Å². The van der Waals surface area contributed by atoms with Gasteiger partial charge in [0.15, 0.2) is 0 Å². The topological polar surface area (TPSA) is 0 Å². The molecule has 0 N–H and O–H groups in total. The summed E-state index contributed by atoms with van der Waals surface area (Å²) < 4.78 is 0. The summed E-state index contributed by atoms with van der Waals surface area (Å²) in [5.41, 5.74) is 2.74. The number of hydrogen-bond acceptors (Lipinski definition) is 0. The Balaban J connectivity index is 2.42. The molecule has 0 amide bonds. The predicted octanol–water partition coefficient (Wildman–Crippen LogP) is 3.78. The highest BCUT2D eigenvalue weighted by Crippen LogP contribution is 2.57. The highest BCUT2D eigenvalue weighted by atomic mass is 14.5. The third kappa shape index (κ3) is 1.04. The van der Waals surface area contributed by atoms with Gasteiger partial charge in [0.25, 0.3) is 0 Å². The van der Waals surface area contributed by atoms with Crippen LogP contribution in [0.5, 0.6) is 0 Å². The Morgan fingerprint density at radius 1 is 1.33 bits per heavy atom. The summed E-state index contributed by atoms with van der Waals surface area (Å²) in [6.45, 7) is 9.62. The van der Waals surface area contributed by atoms with Crippen LogP contribution in [-0.4, -0.2) is 0 Å². The van der Waals surface area contributed by atoms with Crippen molar-refractivity contribution in [2.24, 2.45) is 16.7 Å². The molecule has 0 heterocycles. The minimum Gasteiger partial charge on any atom is -0.0793 e. The van der Waals surface area contributed by atoms with Crippen LogP contribution in [0.25, 0.3) is 0 Å². The second-order valence-corrected chi connectivity index (χ2v) is 5.80. The summed E-state index contributed by atoms with van der Waals surface area (Å²) in [5, 5.41) is 0. The summed E-state index contributed by atoms with van der Waals surface area (Å²) in [5.74, 6) is 0.874. The summed E-state index contributed by atoms with van der Waals surface area (Å²) in [7, 11) is 0. The average molecular weight is 164 g/mol. The molecular weight excluding hydrogens is 144 g/mol. The Bertz CT molecular complexity index is 234. The highest BCUT2D eigenvalue weighted by Gasteiger charge is 2.46. The zero-order chi connectivity index (χ0) is 8.98. The van der Waals surface area contributed by atoms with E-state index in [2.05, 4.69) is 33.8 Å². The molecule has 68 valence electrons. The molecule has 0 saturated heterocycles. The second-order valence-electron chi connectivity index (χ2n) is 5.80. The lowest BCUT2D eigenvalue weighted by molar-refractivity contribution is 0.0641. The molecule has 2 atom stereocenters. The molecule has 3 aliphatic rings. The van der Waals surface area contributed by atoms with Crippen molar-refractivity contribution in [3.63, 3.8) is 0 Å². The zero-order valence-corrected chi connectivity index (χ0v) is 8.78. The van der Waals surface area contributed by atoms with Gasteiger partial charge in [-0.05, 0) is 42.9 Å². The summed E-state index contributed by atoms with van der Waals surface area (Å²) >= 11 is 0. The van der Waals surface area contributed by atoms with Gasteiger partial charge in [0.05, 0.1) is 0 Å². The molecule has 0 heteroatoms. The van der Waals surface area contributed by atoms with Gasteiger partial charge in [-0.25, -0.2) is 0 Å². The van der Waals surface area contributed by atoms with Crippen LogP contribution in [0.1, 0.15) is 47.0 Å². The zero-order valence-electron chi connectivity index (χ0n) is 8.78. The molecule has 0 spiro atoms. The molecule has 12 heavy (non-hydrogen) atoms.